The van der Waals surface area contributed by atoms with Gasteiger partial charge in [-0.1, -0.05) is 26.7 Å². The second kappa shape index (κ2) is 4.57. The van der Waals surface area contributed by atoms with Crippen LogP contribution in [0.2, 0.25) is 0 Å². The Bertz CT molecular complexity index is 458. The van der Waals surface area contributed by atoms with Crippen molar-refractivity contribution >= 4 is 5.78 Å². The van der Waals surface area contributed by atoms with E-state index in [1.54, 1.807) is 0 Å². The van der Waals surface area contributed by atoms with Gasteiger partial charge in [0.15, 0.2) is 0 Å². The first-order valence-corrected chi connectivity index (χ1v) is 9.18. The van der Waals surface area contributed by atoms with Crippen LogP contribution < -0.4 is 0 Å². The standard InChI is InChI=1S/C19H30O2/c1-18-10-4-3-5-12(18)6-7-13-14-8-9-16(21)19(14,2)11-15(20)17(13)18/h12-15,17,20H,3-11H2,1-2H3/t12-,13-,14-,15+,17+,18-,19-/m0/s1. The number of ketones is 1. The summed E-state index contributed by atoms with van der Waals surface area (Å²) in [5, 5.41) is 11.0. The number of hydrogen-bond acceptors (Lipinski definition) is 2. The van der Waals surface area contributed by atoms with Crippen molar-refractivity contribution in [2.75, 3.05) is 0 Å². The van der Waals surface area contributed by atoms with Crippen molar-refractivity contribution in [2.45, 2.75) is 77.7 Å². The summed E-state index contributed by atoms with van der Waals surface area (Å²) < 4.78 is 0. The zero-order valence-electron chi connectivity index (χ0n) is 13.6. The fraction of sp³-hybridized carbons (Fsp3) is 0.947. The van der Waals surface area contributed by atoms with Gasteiger partial charge in [0, 0.05) is 11.8 Å². The highest BCUT2D eigenvalue weighted by Gasteiger charge is 2.62. The van der Waals surface area contributed by atoms with Gasteiger partial charge in [0.05, 0.1) is 6.10 Å². The minimum absolute atomic E-state index is 0.210. The molecule has 2 heteroatoms. The number of hydrogen-bond donors (Lipinski definition) is 1. The Kier molecular flexibility index (Phi) is 3.10. The fourth-order valence-corrected chi connectivity index (χ4v) is 7.19. The van der Waals surface area contributed by atoms with Gasteiger partial charge in [-0.05, 0) is 67.6 Å². The lowest BCUT2D eigenvalue weighted by Crippen LogP contribution is -2.58. The van der Waals surface area contributed by atoms with Crippen LogP contribution in [0.4, 0.5) is 0 Å². The van der Waals surface area contributed by atoms with Crippen molar-refractivity contribution < 1.29 is 9.90 Å². The Morgan fingerprint density at radius 3 is 2.71 bits per heavy atom. The lowest BCUT2D eigenvalue weighted by molar-refractivity contribution is -0.168. The minimum Gasteiger partial charge on any atom is -0.393 e. The minimum atomic E-state index is -0.246. The summed E-state index contributed by atoms with van der Waals surface area (Å²) in [6.07, 6.45) is 10.3. The maximum atomic E-state index is 12.4. The molecule has 118 valence electrons. The smallest absolute Gasteiger partial charge is 0.139 e. The molecule has 4 rings (SSSR count). The van der Waals surface area contributed by atoms with Crippen LogP contribution in [0, 0.1) is 34.5 Å². The lowest BCUT2D eigenvalue weighted by Gasteiger charge is -2.61. The number of aliphatic hydroxyl groups is 1. The topological polar surface area (TPSA) is 37.3 Å². The maximum absolute atomic E-state index is 12.4. The highest BCUT2D eigenvalue weighted by atomic mass is 16.3. The summed E-state index contributed by atoms with van der Waals surface area (Å²) in [6, 6.07) is 0. The van der Waals surface area contributed by atoms with Crippen LogP contribution in [0.15, 0.2) is 0 Å². The van der Waals surface area contributed by atoms with Crippen molar-refractivity contribution in [2.24, 2.45) is 34.5 Å². The SMILES string of the molecule is C[C@]12CCCC[C@H]1CC[C@@H]1[C@@H]2[C@H](O)C[C@]2(C)C(=O)CC[C@@H]12. The van der Waals surface area contributed by atoms with E-state index in [1.807, 2.05) is 0 Å². The van der Waals surface area contributed by atoms with Crippen molar-refractivity contribution in [3.8, 4) is 0 Å². The first-order chi connectivity index (χ1) is 9.97. The average molecular weight is 290 g/mol. The molecule has 0 radical (unpaired) electrons. The molecule has 0 aliphatic heterocycles. The van der Waals surface area contributed by atoms with Crippen LogP contribution >= 0.6 is 0 Å². The molecule has 0 unspecified atom stereocenters. The molecule has 1 N–H and O–H groups in total. The van der Waals surface area contributed by atoms with E-state index in [9.17, 15) is 9.90 Å². The summed E-state index contributed by atoms with van der Waals surface area (Å²) in [4.78, 5) is 12.4. The quantitative estimate of drug-likeness (QED) is 0.733. The summed E-state index contributed by atoms with van der Waals surface area (Å²) in [5.74, 6) is 2.87. The molecule has 7 atom stereocenters. The predicted octanol–water partition coefficient (Wildman–Crippen LogP) is 3.96. The zero-order valence-corrected chi connectivity index (χ0v) is 13.6. The Balaban J connectivity index is 1.71. The first-order valence-electron chi connectivity index (χ1n) is 9.18. The van der Waals surface area contributed by atoms with Crippen molar-refractivity contribution in [3.05, 3.63) is 0 Å². The van der Waals surface area contributed by atoms with Crippen LogP contribution in [-0.2, 0) is 4.79 Å². The van der Waals surface area contributed by atoms with Crippen molar-refractivity contribution in [1.29, 1.82) is 0 Å². The molecule has 4 aliphatic carbocycles. The van der Waals surface area contributed by atoms with Crippen LogP contribution in [0.5, 0.6) is 0 Å². The van der Waals surface area contributed by atoms with Gasteiger partial charge in [-0.25, -0.2) is 0 Å². The largest absolute Gasteiger partial charge is 0.393 e. The van der Waals surface area contributed by atoms with E-state index in [1.165, 1.54) is 38.5 Å². The van der Waals surface area contributed by atoms with Gasteiger partial charge in [0.25, 0.3) is 0 Å². The molecule has 0 heterocycles. The van der Waals surface area contributed by atoms with Gasteiger partial charge in [0.2, 0.25) is 0 Å². The number of carbonyl (C=O) groups is 1. The van der Waals surface area contributed by atoms with Gasteiger partial charge >= 0.3 is 0 Å². The van der Waals surface area contributed by atoms with Crippen LogP contribution in [0.3, 0.4) is 0 Å². The van der Waals surface area contributed by atoms with Gasteiger partial charge in [-0.15, -0.1) is 0 Å². The molecule has 4 saturated carbocycles. The fourth-order valence-electron chi connectivity index (χ4n) is 7.19. The molecular formula is C19H30O2. The number of Topliss-reactive ketones (excluding diaryl/α,β-unsaturated/α-hetero) is 1. The van der Waals surface area contributed by atoms with E-state index >= 15 is 0 Å². The summed E-state index contributed by atoms with van der Waals surface area (Å²) >= 11 is 0. The maximum Gasteiger partial charge on any atom is 0.139 e. The van der Waals surface area contributed by atoms with Crippen molar-refractivity contribution in [1.82, 2.24) is 0 Å². The van der Waals surface area contributed by atoms with E-state index < -0.39 is 0 Å². The zero-order chi connectivity index (χ0) is 14.8. The van der Waals surface area contributed by atoms with Gasteiger partial charge in [-0.3, -0.25) is 4.79 Å². The lowest BCUT2D eigenvalue weighted by atomic mass is 9.44. The Morgan fingerprint density at radius 2 is 1.90 bits per heavy atom. The molecule has 0 aromatic heterocycles. The second-order valence-corrected chi connectivity index (χ2v) is 8.97. The molecule has 4 fully saturated rings. The second-order valence-electron chi connectivity index (χ2n) is 8.97. The number of rotatable bonds is 0. The van der Waals surface area contributed by atoms with Crippen molar-refractivity contribution in [3.63, 3.8) is 0 Å². The van der Waals surface area contributed by atoms with Gasteiger partial charge < -0.3 is 5.11 Å². The summed E-state index contributed by atoms with van der Waals surface area (Å²) in [7, 11) is 0. The molecule has 0 aromatic carbocycles. The van der Waals surface area contributed by atoms with E-state index in [0.717, 1.165) is 25.2 Å². The monoisotopic (exact) mass is 290 g/mol. The number of fused-ring (bicyclic) bond motifs is 5. The summed E-state index contributed by atoms with van der Waals surface area (Å²) in [5.41, 5.74) is 0.131. The molecule has 2 nitrogen and oxygen atoms in total. The molecule has 0 bridgehead atoms. The third-order valence-electron chi connectivity index (χ3n) is 8.22. The summed E-state index contributed by atoms with van der Waals surface area (Å²) in [6.45, 7) is 4.62. The molecule has 0 amide bonds. The molecule has 21 heavy (non-hydrogen) atoms. The normalized spacial score (nSPS) is 56.5. The first kappa shape index (κ1) is 14.2. The van der Waals surface area contributed by atoms with E-state index in [4.69, 9.17) is 0 Å². The van der Waals surface area contributed by atoms with E-state index in [2.05, 4.69) is 13.8 Å². The Hall–Kier alpha value is -0.370. The molecule has 0 aromatic rings. The third-order valence-corrected chi connectivity index (χ3v) is 8.22. The van der Waals surface area contributed by atoms with Gasteiger partial charge in [-0.2, -0.15) is 0 Å². The van der Waals surface area contributed by atoms with E-state index in [-0.39, 0.29) is 11.5 Å². The molecule has 4 aliphatic rings. The Morgan fingerprint density at radius 1 is 1.10 bits per heavy atom. The van der Waals surface area contributed by atoms with Crippen LogP contribution in [0.1, 0.15) is 71.6 Å². The predicted molar refractivity (Wildman–Crippen MR) is 82.7 cm³/mol. The highest BCUT2D eigenvalue weighted by molar-refractivity contribution is 5.87. The molecule has 0 saturated heterocycles. The number of aliphatic hydroxyl groups excluding tert-OH is 1. The van der Waals surface area contributed by atoms with E-state index in [0.29, 0.717) is 29.0 Å². The van der Waals surface area contributed by atoms with Crippen LogP contribution in [0.25, 0.3) is 0 Å². The van der Waals surface area contributed by atoms with Crippen LogP contribution in [-0.4, -0.2) is 17.0 Å². The Labute approximate surface area is 128 Å². The van der Waals surface area contributed by atoms with Gasteiger partial charge in [0.1, 0.15) is 5.78 Å². The average Bonchev–Trinajstić information content (AvgIpc) is 2.73. The molecule has 0 spiro atoms. The highest BCUT2D eigenvalue weighted by Crippen LogP contribution is 2.65. The molecular weight excluding hydrogens is 260 g/mol. The number of carbonyl (C=O) groups excluding carboxylic acids is 1. The third kappa shape index (κ3) is 1.77.